The molecule has 4 heterocycles. The van der Waals surface area contributed by atoms with E-state index >= 15 is 0 Å². The van der Waals surface area contributed by atoms with Crippen LogP contribution < -0.4 is 5.56 Å². The van der Waals surface area contributed by atoms with Gasteiger partial charge in [-0.3, -0.25) is 14.5 Å². The smallest absolute Gasteiger partial charge is 0.274 e. The highest BCUT2D eigenvalue weighted by atomic mass is 32.1. The molecule has 1 N–H and O–H groups in total. The molecule has 9 nitrogen and oxygen atoms in total. The summed E-state index contributed by atoms with van der Waals surface area (Å²) in [6.45, 7) is 3.81. The van der Waals surface area contributed by atoms with Gasteiger partial charge in [-0.1, -0.05) is 11.2 Å². The summed E-state index contributed by atoms with van der Waals surface area (Å²) in [7, 11) is 0. The van der Waals surface area contributed by atoms with Gasteiger partial charge >= 0.3 is 0 Å². The van der Waals surface area contributed by atoms with E-state index in [2.05, 4.69) is 25.2 Å². The lowest BCUT2D eigenvalue weighted by Gasteiger charge is -2.34. The minimum absolute atomic E-state index is 0.150. The first-order valence-corrected chi connectivity index (χ1v) is 10.0. The summed E-state index contributed by atoms with van der Waals surface area (Å²) in [6, 6.07) is 6.72. The van der Waals surface area contributed by atoms with Crippen LogP contribution in [0.15, 0.2) is 39.0 Å². The SMILES string of the molecule is O=C(c1ccc(=O)[nH]n1)N1CCN(CCCc2nc(-c3cccs3)no2)CC1. The van der Waals surface area contributed by atoms with Crippen molar-refractivity contribution in [2.24, 2.45) is 0 Å². The fourth-order valence-electron chi connectivity index (χ4n) is 3.12. The summed E-state index contributed by atoms with van der Waals surface area (Å²) in [4.78, 5) is 33.0. The van der Waals surface area contributed by atoms with E-state index in [1.807, 2.05) is 17.5 Å². The lowest BCUT2D eigenvalue weighted by atomic mass is 10.2. The second-order valence-corrected chi connectivity index (χ2v) is 7.48. The van der Waals surface area contributed by atoms with Crippen LogP contribution in [0.1, 0.15) is 22.8 Å². The van der Waals surface area contributed by atoms with Crippen LogP contribution in [0.3, 0.4) is 0 Å². The molecule has 4 rings (SSSR count). The molecular weight excluding hydrogens is 380 g/mol. The first-order chi connectivity index (χ1) is 13.7. The molecule has 0 bridgehead atoms. The molecule has 3 aromatic heterocycles. The van der Waals surface area contributed by atoms with E-state index in [1.165, 1.54) is 12.1 Å². The third-order valence-electron chi connectivity index (χ3n) is 4.63. The highest BCUT2D eigenvalue weighted by Crippen LogP contribution is 2.21. The van der Waals surface area contributed by atoms with Gasteiger partial charge in [-0.25, -0.2) is 5.10 Å². The fraction of sp³-hybridized carbons (Fsp3) is 0.389. The zero-order valence-corrected chi connectivity index (χ0v) is 16.0. The molecule has 1 saturated heterocycles. The van der Waals surface area contributed by atoms with E-state index < -0.39 is 0 Å². The summed E-state index contributed by atoms with van der Waals surface area (Å²) in [6.07, 6.45) is 1.65. The highest BCUT2D eigenvalue weighted by molar-refractivity contribution is 7.13. The zero-order chi connectivity index (χ0) is 19.3. The average Bonchev–Trinajstić information content (AvgIpc) is 3.40. The molecule has 1 aliphatic heterocycles. The number of carbonyl (C=O) groups excluding carboxylic acids is 1. The van der Waals surface area contributed by atoms with E-state index in [0.717, 1.165) is 37.4 Å². The third-order valence-corrected chi connectivity index (χ3v) is 5.50. The highest BCUT2D eigenvalue weighted by Gasteiger charge is 2.23. The molecule has 1 aliphatic rings. The van der Waals surface area contributed by atoms with Gasteiger partial charge in [0, 0.05) is 38.7 Å². The van der Waals surface area contributed by atoms with Gasteiger partial charge in [0.2, 0.25) is 11.7 Å². The second kappa shape index (κ2) is 8.44. The molecule has 0 aromatic carbocycles. The zero-order valence-electron chi connectivity index (χ0n) is 15.2. The number of aryl methyl sites for hydroxylation is 1. The number of hydrogen-bond donors (Lipinski definition) is 1. The van der Waals surface area contributed by atoms with Crippen molar-refractivity contribution in [3.63, 3.8) is 0 Å². The van der Waals surface area contributed by atoms with E-state index in [4.69, 9.17) is 4.52 Å². The Morgan fingerprint density at radius 1 is 1.21 bits per heavy atom. The number of rotatable bonds is 6. The topological polar surface area (TPSA) is 108 Å². The number of carbonyl (C=O) groups is 1. The monoisotopic (exact) mass is 400 g/mol. The standard InChI is InChI=1S/C18H20N6O3S/c25-15-6-5-13(20-21-15)18(26)24-10-8-23(9-11-24)7-1-4-16-19-17(22-27-16)14-3-2-12-28-14/h2-3,5-6,12H,1,4,7-11H2,(H,21,25). The molecule has 1 amide bonds. The minimum Gasteiger partial charge on any atom is -0.339 e. The molecule has 0 aliphatic carbocycles. The third kappa shape index (κ3) is 4.34. The van der Waals surface area contributed by atoms with Crippen LogP contribution in [-0.2, 0) is 6.42 Å². The quantitative estimate of drug-likeness (QED) is 0.664. The summed E-state index contributed by atoms with van der Waals surface area (Å²) in [5.74, 6) is 1.15. The van der Waals surface area contributed by atoms with Crippen molar-refractivity contribution in [2.45, 2.75) is 12.8 Å². The van der Waals surface area contributed by atoms with Crippen LogP contribution >= 0.6 is 11.3 Å². The Hall–Kier alpha value is -2.85. The number of piperazine rings is 1. The van der Waals surface area contributed by atoms with Crippen LogP contribution in [0.5, 0.6) is 0 Å². The van der Waals surface area contributed by atoms with E-state index in [-0.39, 0.29) is 17.2 Å². The van der Waals surface area contributed by atoms with Crippen molar-refractivity contribution in [3.8, 4) is 10.7 Å². The van der Waals surface area contributed by atoms with Gasteiger partial charge in [-0.15, -0.1) is 11.3 Å². The van der Waals surface area contributed by atoms with Crippen LogP contribution in [0.4, 0.5) is 0 Å². The van der Waals surface area contributed by atoms with E-state index in [0.29, 0.717) is 24.8 Å². The Labute approximate surface area is 165 Å². The predicted molar refractivity (Wildman–Crippen MR) is 103 cm³/mol. The minimum atomic E-state index is -0.315. The number of thiophene rings is 1. The molecule has 0 unspecified atom stereocenters. The molecule has 1 fully saturated rings. The molecule has 10 heteroatoms. The van der Waals surface area contributed by atoms with Gasteiger partial charge < -0.3 is 9.42 Å². The number of aromatic amines is 1. The second-order valence-electron chi connectivity index (χ2n) is 6.53. The Balaban J connectivity index is 1.21. The van der Waals surface area contributed by atoms with E-state index in [1.54, 1.807) is 16.2 Å². The van der Waals surface area contributed by atoms with Crippen LogP contribution in [-0.4, -0.2) is 68.8 Å². The number of amides is 1. The van der Waals surface area contributed by atoms with Crippen LogP contribution in [0, 0.1) is 0 Å². The number of H-pyrrole nitrogens is 1. The van der Waals surface area contributed by atoms with Gasteiger partial charge in [0.25, 0.3) is 11.5 Å². The van der Waals surface area contributed by atoms with Gasteiger partial charge in [0.15, 0.2) is 0 Å². The summed E-state index contributed by atoms with van der Waals surface area (Å²) < 4.78 is 5.33. The Morgan fingerprint density at radius 3 is 2.79 bits per heavy atom. The van der Waals surface area contributed by atoms with Crippen molar-refractivity contribution in [3.05, 3.63) is 51.6 Å². The van der Waals surface area contributed by atoms with Gasteiger partial charge in [-0.05, 0) is 30.5 Å². The van der Waals surface area contributed by atoms with Gasteiger partial charge in [0.1, 0.15) is 5.69 Å². The molecule has 0 radical (unpaired) electrons. The molecule has 0 spiro atoms. The van der Waals surface area contributed by atoms with Crippen molar-refractivity contribution < 1.29 is 9.32 Å². The average molecular weight is 400 g/mol. The van der Waals surface area contributed by atoms with Crippen molar-refractivity contribution in [1.82, 2.24) is 30.1 Å². The van der Waals surface area contributed by atoms with Crippen molar-refractivity contribution >= 4 is 17.2 Å². The lowest BCUT2D eigenvalue weighted by Crippen LogP contribution is -2.49. The maximum atomic E-state index is 12.4. The normalized spacial score (nSPS) is 15.1. The molecule has 0 saturated carbocycles. The maximum absolute atomic E-state index is 12.4. The molecule has 0 atom stereocenters. The Morgan fingerprint density at radius 2 is 2.07 bits per heavy atom. The predicted octanol–water partition coefficient (Wildman–Crippen LogP) is 1.27. The molecule has 146 valence electrons. The van der Waals surface area contributed by atoms with E-state index in [9.17, 15) is 9.59 Å². The van der Waals surface area contributed by atoms with Crippen molar-refractivity contribution in [1.29, 1.82) is 0 Å². The number of nitrogens with one attached hydrogen (secondary N) is 1. The summed E-state index contributed by atoms with van der Waals surface area (Å²) in [5.41, 5.74) is -0.0453. The lowest BCUT2D eigenvalue weighted by molar-refractivity contribution is 0.0628. The first kappa shape index (κ1) is 18.5. The Bertz CT molecular complexity index is 955. The fourth-order valence-corrected chi connectivity index (χ4v) is 3.77. The molecular formula is C18H20N6O3S. The van der Waals surface area contributed by atoms with Gasteiger partial charge in [-0.2, -0.15) is 10.1 Å². The summed E-state index contributed by atoms with van der Waals surface area (Å²) >= 11 is 1.59. The van der Waals surface area contributed by atoms with Crippen LogP contribution in [0.25, 0.3) is 10.7 Å². The number of hydrogen-bond acceptors (Lipinski definition) is 8. The summed E-state index contributed by atoms with van der Waals surface area (Å²) in [5, 5.41) is 12.1. The molecule has 28 heavy (non-hydrogen) atoms. The largest absolute Gasteiger partial charge is 0.339 e. The first-order valence-electron chi connectivity index (χ1n) is 9.13. The maximum Gasteiger partial charge on any atom is 0.274 e. The Kier molecular flexibility index (Phi) is 5.58. The number of aromatic nitrogens is 4. The molecule has 3 aromatic rings. The van der Waals surface area contributed by atoms with Crippen molar-refractivity contribution in [2.75, 3.05) is 32.7 Å². The van der Waals surface area contributed by atoms with Gasteiger partial charge in [0.05, 0.1) is 4.88 Å². The number of nitrogens with zero attached hydrogens (tertiary/aromatic N) is 5. The van der Waals surface area contributed by atoms with Crippen LogP contribution in [0.2, 0.25) is 0 Å².